The van der Waals surface area contributed by atoms with Gasteiger partial charge >= 0.3 is 5.97 Å². The minimum Gasteiger partial charge on any atom is -0.469 e. The van der Waals surface area contributed by atoms with E-state index >= 15 is 0 Å². The van der Waals surface area contributed by atoms with E-state index in [9.17, 15) is 13.2 Å². The van der Waals surface area contributed by atoms with E-state index in [1.807, 2.05) is 0 Å². The number of esters is 1. The quantitative estimate of drug-likeness (QED) is 0.779. The van der Waals surface area contributed by atoms with Gasteiger partial charge in [0.15, 0.2) is 0 Å². The molecule has 0 radical (unpaired) electrons. The van der Waals surface area contributed by atoms with E-state index in [1.54, 1.807) is 24.3 Å². The molecule has 1 aliphatic rings. The first-order chi connectivity index (χ1) is 8.95. The minimum absolute atomic E-state index is 0.186. The van der Waals surface area contributed by atoms with E-state index in [2.05, 4.69) is 20.7 Å². The van der Waals surface area contributed by atoms with Crippen LogP contribution in [0.15, 0.2) is 33.6 Å². The highest BCUT2D eigenvalue weighted by molar-refractivity contribution is 9.10. The number of carbonyl (C=O) groups excluding carboxylic acids is 1. The van der Waals surface area contributed by atoms with Crippen LogP contribution in [0.2, 0.25) is 0 Å². The zero-order valence-corrected chi connectivity index (χ0v) is 12.8. The maximum absolute atomic E-state index is 12.4. The molecule has 0 N–H and O–H groups in total. The molecule has 19 heavy (non-hydrogen) atoms. The standard InChI is InChI=1S/C12H14BrNO4S/c1-18-12(15)9-6-7-14(8-9)19(16,17)11-4-2-10(13)3-5-11/h2-5,9H,6-8H2,1H3. The molecule has 1 fully saturated rings. The smallest absolute Gasteiger partial charge is 0.310 e. The van der Waals surface area contributed by atoms with Gasteiger partial charge in [-0.05, 0) is 30.7 Å². The highest BCUT2D eigenvalue weighted by atomic mass is 79.9. The minimum atomic E-state index is -3.53. The van der Waals surface area contributed by atoms with Crippen molar-refractivity contribution >= 4 is 31.9 Å². The van der Waals surface area contributed by atoms with Crippen molar-refractivity contribution in [3.05, 3.63) is 28.7 Å². The van der Waals surface area contributed by atoms with E-state index in [-0.39, 0.29) is 23.3 Å². The summed E-state index contributed by atoms with van der Waals surface area (Å²) in [5.41, 5.74) is 0. The molecular weight excluding hydrogens is 334 g/mol. The molecule has 0 saturated carbocycles. The zero-order valence-electron chi connectivity index (χ0n) is 10.4. The molecule has 1 atom stereocenters. The Hall–Kier alpha value is -0.920. The van der Waals surface area contributed by atoms with E-state index in [4.69, 9.17) is 0 Å². The number of ether oxygens (including phenoxy) is 1. The SMILES string of the molecule is COC(=O)C1CCN(S(=O)(=O)c2ccc(Br)cc2)C1. The summed E-state index contributed by atoms with van der Waals surface area (Å²) in [6.07, 6.45) is 0.502. The Morgan fingerprint density at radius 1 is 1.37 bits per heavy atom. The maximum atomic E-state index is 12.4. The number of halogens is 1. The molecule has 0 spiro atoms. The third-order valence-corrected chi connectivity index (χ3v) is 5.54. The van der Waals surface area contributed by atoms with Crippen molar-refractivity contribution in [1.29, 1.82) is 0 Å². The van der Waals surface area contributed by atoms with Crippen LogP contribution >= 0.6 is 15.9 Å². The molecule has 1 unspecified atom stereocenters. The lowest BCUT2D eigenvalue weighted by molar-refractivity contribution is -0.144. The third kappa shape index (κ3) is 2.98. The number of sulfonamides is 1. The summed E-state index contributed by atoms with van der Waals surface area (Å²) in [4.78, 5) is 11.7. The van der Waals surface area contributed by atoms with E-state index < -0.39 is 10.0 Å². The Morgan fingerprint density at radius 3 is 2.58 bits per heavy atom. The number of methoxy groups -OCH3 is 1. The van der Waals surface area contributed by atoms with E-state index in [0.717, 1.165) is 4.47 Å². The lowest BCUT2D eigenvalue weighted by atomic mass is 10.1. The molecule has 1 aromatic carbocycles. The molecule has 0 amide bonds. The monoisotopic (exact) mass is 347 g/mol. The lowest BCUT2D eigenvalue weighted by Crippen LogP contribution is -2.30. The van der Waals surface area contributed by atoms with Gasteiger partial charge in [-0.1, -0.05) is 15.9 Å². The van der Waals surface area contributed by atoms with Crippen molar-refractivity contribution in [2.45, 2.75) is 11.3 Å². The largest absolute Gasteiger partial charge is 0.469 e. The molecule has 104 valence electrons. The zero-order chi connectivity index (χ0) is 14.0. The molecule has 1 heterocycles. The summed E-state index contributed by atoms with van der Waals surface area (Å²) in [6, 6.07) is 6.46. The molecule has 7 heteroatoms. The van der Waals surface area contributed by atoms with Crippen LogP contribution < -0.4 is 0 Å². The van der Waals surface area contributed by atoms with Crippen LogP contribution in [0.5, 0.6) is 0 Å². The number of hydrogen-bond donors (Lipinski definition) is 0. The summed E-state index contributed by atoms with van der Waals surface area (Å²) in [6.45, 7) is 0.531. The van der Waals surface area contributed by atoms with Crippen molar-refractivity contribution in [3.63, 3.8) is 0 Å². The van der Waals surface area contributed by atoms with Gasteiger partial charge in [0.1, 0.15) is 0 Å². The van der Waals surface area contributed by atoms with Crippen molar-refractivity contribution in [2.75, 3.05) is 20.2 Å². The van der Waals surface area contributed by atoms with Crippen LogP contribution in [-0.4, -0.2) is 38.9 Å². The Labute approximate surface area is 120 Å². The predicted molar refractivity (Wildman–Crippen MR) is 73.0 cm³/mol. The van der Waals surface area contributed by atoms with Crippen LogP contribution in [0.4, 0.5) is 0 Å². The average molecular weight is 348 g/mol. The van der Waals surface area contributed by atoms with Crippen LogP contribution in [-0.2, 0) is 19.6 Å². The van der Waals surface area contributed by atoms with E-state index in [1.165, 1.54) is 11.4 Å². The second-order valence-electron chi connectivity index (χ2n) is 4.33. The second kappa shape index (κ2) is 5.60. The van der Waals surface area contributed by atoms with Gasteiger partial charge in [-0.2, -0.15) is 4.31 Å². The van der Waals surface area contributed by atoms with Gasteiger partial charge in [-0.3, -0.25) is 4.79 Å². The fraction of sp³-hybridized carbons (Fsp3) is 0.417. The topological polar surface area (TPSA) is 63.7 Å². The Balaban J connectivity index is 2.18. The summed E-state index contributed by atoms with van der Waals surface area (Å²) in [5, 5.41) is 0. The Morgan fingerprint density at radius 2 is 2.00 bits per heavy atom. The molecule has 0 aliphatic carbocycles. The van der Waals surface area contributed by atoms with Crippen molar-refractivity contribution in [1.82, 2.24) is 4.31 Å². The average Bonchev–Trinajstić information content (AvgIpc) is 2.88. The van der Waals surface area contributed by atoms with Gasteiger partial charge in [0.25, 0.3) is 0 Å². The number of carbonyl (C=O) groups is 1. The van der Waals surface area contributed by atoms with Gasteiger partial charge < -0.3 is 4.74 Å². The van der Waals surface area contributed by atoms with Crippen LogP contribution in [0, 0.1) is 5.92 Å². The van der Waals surface area contributed by atoms with Gasteiger partial charge in [0, 0.05) is 17.6 Å². The normalized spacial score (nSPS) is 20.4. The number of hydrogen-bond acceptors (Lipinski definition) is 4. The predicted octanol–water partition coefficient (Wildman–Crippen LogP) is 1.63. The van der Waals surface area contributed by atoms with Crippen LogP contribution in [0.25, 0.3) is 0 Å². The maximum Gasteiger partial charge on any atom is 0.310 e. The first-order valence-electron chi connectivity index (χ1n) is 5.78. The summed E-state index contributed by atoms with van der Waals surface area (Å²) < 4.78 is 31.5. The van der Waals surface area contributed by atoms with Crippen LogP contribution in [0.3, 0.4) is 0 Å². The van der Waals surface area contributed by atoms with E-state index in [0.29, 0.717) is 13.0 Å². The molecule has 0 bridgehead atoms. The second-order valence-corrected chi connectivity index (χ2v) is 7.18. The molecular formula is C12H14BrNO4S. The van der Waals surface area contributed by atoms with Gasteiger partial charge in [-0.15, -0.1) is 0 Å². The van der Waals surface area contributed by atoms with Gasteiger partial charge in [-0.25, -0.2) is 8.42 Å². The summed E-state index contributed by atoms with van der Waals surface area (Å²) in [5.74, 6) is -0.719. The van der Waals surface area contributed by atoms with Crippen molar-refractivity contribution < 1.29 is 17.9 Å². The fourth-order valence-electron chi connectivity index (χ4n) is 2.06. The highest BCUT2D eigenvalue weighted by Crippen LogP contribution is 2.25. The molecule has 2 rings (SSSR count). The van der Waals surface area contributed by atoms with Crippen LogP contribution in [0.1, 0.15) is 6.42 Å². The molecule has 0 aromatic heterocycles. The third-order valence-electron chi connectivity index (χ3n) is 3.14. The molecule has 1 aromatic rings. The Bertz CT molecular complexity index is 570. The first-order valence-corrected chi connectivity index (χ1v) is 8.02. The summed E-state index contributed by atoms with van der Waals surface area (Å²) >= 11 is 3.26. The molecule has 5 nitrogen and oxygen atoms in total. The summed E-state index contributed by atoms with van der Waals surface area (Å²) in [7, 11) is -2.21. The van der Waals surface area contributed by atoms with Gasteiger partial charge in [0.2, 0.25) is 10.0 Å². The number of benzene rings is 1. The number of nitrogens with zero attached hydrogens (tertiary/aromatic N) is 1. The van der Waals surface area contributed by atoms with Gasteiger partial charge in [0.05, 0.1) is 17.9 Å². The number of rotatable bonds is 3. The molecule has 1 saturated heterocycles. The lowest BCUT2D eigenvalue weighted by Gasteiger charge is -2.16. The molecule has 1 aliphatic heterocycles. The first kappa shape index (κ1) is 14.5. The van der Waals surface area contributed by atoms with Crippen molar-refractivity contribution in [2.24, 2.45) is 5.92 Å². The Kier molecular flexibility index (Phi) is 4.27. The highest BCUT2D eigenvalue weighted by Gasteiger charge is 2.36. The van der Waals surface area contributed by atoms with Crippen molar-refractivity contribution in [3.8, 4) is 0 Å². The fourth-order valence-corrected chi connectivity index (χ4v) is 3.83.